The van der Waals surface area contributed by atoms with Crippen LogP contribution in [0, 0.1) is 18.3 Å². The van der Waals surface area contributed by atoms with Crippen LogP contribution < -0.4 is 15.2 Å². The van der Waals surface area contributed by atoms with Gasteiger partial charge in [0, 0.05) is 24.4 Å². The molecule has 0 spiro atoms. The molecule has 0 aliphatic rings. The molecule has 2 aromatic heterocycles. The zero-order valence-corrected chi connectivity index (χ0v) is 18.8. The van der Waals surface area contributed by atoms with Crippen molar-refractivity contribution in [1.82, 2.24) is 9.61 Å². The van der Waals surface area contributed by atoms with Crippen LogP contribution in [0.15, 0.2) is 41.3 Å². The van der Waals surface area contributed by atoms with Crippen LogP contribution in [0.1, 0.15) is 42.3 Å². The fraction of sp³-hybridized carbons (Fsp3) is 0.348. The minimum Gasteiger partial charge on any atom is -0.491 e. The molecule has 9 nitrogen and oxygen atoms in total. The number of nitriles is 1. The van der Waals surface area contributed by atoms with Gasteiger partial charge in [-0.1, -0.05) is 0 Å². The van der Waals surface area contributed by atoms with E-state index in [4.69, 9.17) is 14.3 Å². The van der Waals surface area contributed by atoms with Gasteiger partial charge in [0.1, 0.15) is 24.0 Å². The van der Waals surface area contributed by atoms with E-state index in [-0.39, 0.29) is 16.9 Å². The predicted octanol–water partition coefficient (Wildman–Crippen LogP) is 3.21. The largest absolute Gasteiger partial charge is 0.491 e. The summed E-state index contributed by atoms with van der Waals surface area (Å²) in [5.41, 5.74) is -0.312. The number of benzene rings is 1. The topological polar surface area (TPSA) is 109 Å². The minimum atomic E-state index is -0.748. The second kappa shape index (κ2) is 9.26. The third-order valence-corrected chi connectivity index (χ3v) is 4.57. The lowest BCUT2D eigenvalue weighted by Gasteiger charge is -2.31. The second-order valence-electron chi connectivity index (χ2n) is 8.12. The molecule has 0 bridgehead atoms. The summed E-state index contributed by atoms with van der Waals surface area (Å²) < 4.78 is 12.0. The van der Waals surface area contributed by atoms with Crippen molar-refractivity contribution in [1.29, 1.82) is 5.26 Å². The Balaban J connectivity index is 2.08. The number of aromatic amines is 1. The minimum absolute atomic E-state index is 0.00628. The molecular formula is C23H26N4O5. The standard InChI is InChI=1S/C23H26N4O5/c1-15-20(28)18(14-24)19-10-11-25-26(19)21(15)27(32-23(2,3)4)22(29)16-6-8-17(9-7-16)31-13-12-30-5/h6-11,25H,12-13H2,1-5H3. The van der Waals surface area contributed by atoms with Gasteiger partial charge in [-0.15, -0.1) is 0 Å². The average molecular weight is 438 g/mol. The van der Waals surface area contributed by atoms with Crippen molar-refractivity contribution in [3.63, 3.8) is 0 Å². The van der Waals surface area contributed by atoms with E-state index in [0.717, 1.165) is 5.06 Å². The molecule has 0 atom stereocenters. The highest BCUT2D eigenvalue weighted by Gasteiger charge is 2.30. The molecule has 3 aromatic rings. The zero-order chi connectivity index (χ0) is 23.5. The van der Waals surface area contributed by atoms with Crippen LogP contribution in [0.3, 0.4) is 0 Å². The molecule has 1 amide bonds. The monoisotopic (exact) mass is 438 g/mol. The van der Waals surface area contributed by atoms with Gasteiger partial charge in [0.2, 0.25) is 5.43 Å². The number of amides is 1. The maximum atomic E-state index is 13.5. The van der Waals surface area contributed by atoms with Crippen LogP contribution >= 0.6 is 0 Å². The quantitative estimate of drug-likeness (QED) is 0.448. The summed E-state index contributed by atoms with van der Waals surface area (Å²) >= 11 is 0. The number of carbonyl (C=O) groups excluding carboxylic acids is 1. The Bertz CT molecular complexity index is 1210. The molecule has 0 saturated heterocycles. The number of hydrogen-bond acceptors (Lipinski definition) is 6. The summed E-state index contributed by atoms with van der Waals surface area (Å²) in [7, 11) is 1.59. The van der Waals surface area contributed by atoms with Crippen LogP contribution in [0.4, 0.5) is 5.82 Å². The number of fused-ring (bicyclic) bond motifs is 1. The summed E-state index contributed by atoms with van der Waals surface area (Å²) in [5.74, 6) is 0.327. The lowest BCUT2D eigenvalue weighted by molar-refractivity contribution is -0.0173. The van der Waals surface area contributed by atoms with Crippen molar-refractivity contribution < 1.29 is 19.1 Å². The highest BCUT2D eigenvalue weighted by molar-refractivity contribution is 6.05. The van der Waals surface area contributed by atoms with Crippen molar-refractivity contribution in [2.75, 3.05) is 25.4 Å². The van der Waals surface area contributed by atoms with Gasteiger partial charge in [0.15, 0.2) is 5.82 Å². The van der Waals surface area contributed by atoms with Gasteiger partial charge in [-0.3, -0.25) is 19.5 Å². The molecule has 0 saturated carbocycles. The molecule has 32 heavy (non-hydrogen) atoms. The molecule has 0 unspecified atom stereocenters. The number of nitrogens with one attached hydrogen (secondary N) is 1. The molecule has 1 aromatic carbocycles. The summed E-state index contributed by atoms with van der Waals surface area (Å²) in [6.07, 6.45) is 1.59. The van der Waals surface area contributed by atoms with E-state index in [1.165, 1.54) is 4.52 Å². The molecule has 0 aliphatic carbocycles. The second-order valence-corrected chi connectivity index (χ2v) is 8.12. The molecule has 9 heteroatoms. The zero-order valence-electron chi connectivity index (χ0n) is 18.8. The summed E-state index contributed by atoms with van der Waals surface area (Å²) in [6, 6.07) is 10.2. The highest BCUT2D eigenvalue weighted by atomic mass is 16.7. The van der Waals surface area contributed by atoms with E-state index < -0.39 is 16.9 Å². The number of anilines is 1. The number of pyridine rings is 1. The molecule has 0 fully saturated rings. The van der Waals surface area contributed by atoms with E-state index in [1.54, 1.807) is 71.3 Å². The summed E-state index contributed by atoms with van der Waals surface area (Å²) in [6.45, 7) is 7.80. The van der Waals surface area contributed by atoms with E-state index in [9.17, 15) is 14.9 Å². The predicted molar refractivity (Wildman–Crippen MR) is 119 cm³/mol. The van der Waals surface area contributed by atoms with Gasteiger partial charge in [-0.2, -0.15) is 10.3 Å². The molecular weight excluding hydrogens is 412 g/mol. The van der Waals surface area contributed by atoms with Crippen molar-refractivity contribution in [2.24, 2.45) is 0 Å². The smallest absolute Gasteiger partial charge is 0.283 e. The maximum absolute atomic E-state index is 13.5. The Morgan fingerprint density at radius 1 is 1.19 bits per heavy atom. The number of hydrogen-bond donors (Lipinski definition) is 1. The number of H-pyrrole nitrogens is 1. The summed E-state index contributed by atoms with van der Waals surface area (Å²) in [4.78, 5) is 32.4. The van der Waals surface area contributed by atoms with Crippen LogP contribution in [-0.2, 0) is 9.57 Å². The van der Waals surface area contributed by atoms with Gasteiger partial charge < -0.3 is 9.47 Å². The highest BCUT2D eigenvalue weighted by Crippen LogP contribution is 2.27. The van der Waals surface area contributed by atoms with Gasteiger partial charge >= 0.3 is 0 Å². The third kappa shape index (κ3) is 4.66. The number of ether oxygens (including phenoxy) is 2. The van der Waals surface area contributed by atoms with Crippen molar-refractivity contribution in [2.45, 2.75) is 33.3 Å². The Kier molecular flexibility index (Phi) is 6.67. The lowest BCUT2D eigenvalue weighted by Crippen LogP contribution is -2.41. The number of aromatic nitrogens is 2. The van der Waals surface area contributed by atoms with Crippen LogP contribution in [0.25, 0.3) is 5.52 Å². The number of carbonyl (C=O) groups is 1. The fourth-order valence-electron chi connectivity index (χ4n) is 3.14. The third-order valence-electron chi connectivity index (χ3n) is 4.57. The molecule has 3 rings (SSSR count). The van der Waals surface area contributed by atoms with Gasteiger partial charge in [0.25, 0.3) is 5.91 Å². The summed E-state index contributed by atoms with van der Waals surface area (Å²) in [5, 5.41) is 13.5. The van der Waals surface area contributed by atoms with E-state index in [1.807, 2.05) is 6.07 Å². The van der Waals surface area contributed by atoms with Crippen molar-refractivity contribution in [3.05, 3.63) is 63.4 Å². The van der Waals surface area contributed by atoms with Crippen LogP contribution in [0.5, 0.6) is 5.75 Å². The van der Waals surface area contributed by atoms with Crippen molar-refractivity contribution in [3.8, 4) is 11.8 Å². The van der Waals surface area contributed by atoms with Gasteiger partial charge in [-0.05, 0) is 58.0 Å². The first-order valence-electron chi connectivity index (χ1n) is 10.1. The Labute approximate surface area is 185 Å². The average Bonchev–Trinajstić information content (AvgIpc) is 3.22. The van der Waals surface area contributed by atoms with E-state index in [2.05, 4.69) is 5.10 Å². The maximum Gasteiger partial charge on any atom is 0.283 e. The van der Waals surface area contributed by atoms with Gasteiger partial charge in [0.05, 0.1) is 17.7 Å². The molecule has 168 valence electrons. The Morgan fingerprint density at radius 2 is 1.88 bits per heavy atom. The Morgan fingerprint density at radius 3 is 2.47 bits per heavy atom. The number of hydroxylamine groups is 1. The lowest BCUT2D eigenvalue weighted by atomic mass is 10.1. The van der Waals surface area contributed by atoms with Crippen molar-refractivity contribution >= 4 is 17.2 Å². The molecule has 0 aliphatic heterocycles. The first-order chi connectivity index (χ1) is 15.2. The van der Waals surface area contributed by atoms with Crippen LogP contribution in [0.2, 0.25) is 0 Å². The Hall–Kier alpha value is -3.61. The molecule has 1 N–H and O–H groups in total. The number of rotatable bonds is 7. The van der Waals surface area contributed by atoms with Crippen LogP contribution in [-0.4, -0.2) is 41.4 Å². The van der Waals surface area contributed by atoms with Gasteiger partial charge in [-0.25, -0.2) is 4.52 Å². The molecule has 2 heterocycles. The first kappa shape index (κ1) is 23.1. The fourth-order valence-corrected chi connectivity index (χ4v) is 3.14. The van der Waals surface area contributed by atoms with E-state index in [0.29, 0.717) is 30.0 Å². The number of nitrogens with zero attached hydrogens (tertiary/aromatic N) is 3. The SMILES string of the molecule is COCCOc1ccc(C(=O)N(OC(C)(C)C)c2c(C)c(=O)c(C#N)c3cc[nH]n23)cc1. The molecule has 0 radical (unpaired) electrons. The first-order valence-corrected chi connectivity index (χ1v) is 10.1. The number of methoxy groups -OCH3 is 1. The van der Waals surface area contributed by atoms with E-state index >= 15 is 0 Å². The normalized spacial score (nSPS) is 11.4.